The third kappa shape index (κ3) is 2.91. The third-order valence-corrected chi connectivity index (χ3v) is 3.04. The number of aromatic nitrogens is 2. The summed E-state index contributed by atoms with van der Waals surface area (Å²) >= 11 is 3.44. The Morgan fingerprint density at radius 1 is 1.35 bits per heavy atom. The summed E-state index contributed by atoms with van der Waals surface area (Å²) in [6.45, 7) is 1.96. The van der Waals surface area contributed by atoms with Gasteiger partial charge in [0.1, 0.15) is 5.75 Å². The Labute approximate surface area is 108 Å². The molecule has 0 fully saturated rings. The molecule has 1 aromatic carbocycles. The van der Waals surface area contributed by atoms with Gasteiger partial charge in [-0.1, -0.05) is 15.9 Å². The number of allylic oxidation sites excluding steroid dienone is 1. The van der Waals surface area contributed by atoms with Gasteiger partial charge in [-0.15, -0.1) is 0 Å². The first kappa shape index (κ1) is 11.8. The predicted molar refractivity (Wildman–Crippen MR) is 71.4 cm³/mol. The van der Waals surface area contributed by atoms with Gasteiger partial charge in [0, 0.05) is 16.9 Å². The van der Waals surface area contributed by atoms with E-state index in [0.717, 1.165) is 21.3 Å². The Bertz CT molecular complexity index is 553. The number of aromatic hydroxyl groups is 1. The summed E-state index contributed by atoms with van der Waals surface area (Å²) in [4.78, 5) is 8.24. The molecular formula is C13H11BrN2O. The lowest BCUT2D eigenvalue weighted by molar-refractivity contribution is 0.475. The van der Waals surface area contributed by atoms with Crippen LogP contribution in [0, 0.1) is 0 Å². The maximum atomic E-state index is 9.44. The van der Waals surface area contributed by atoms with E-state index in [4.69, 9.17) is 0 Å². The molecule has 0 amide bonds. The molecule has 2 rings (SSSR count). The summed E-state index contributed by atoms with van der Waals surface area (Å²) in [5, 5.41) is 9.44. The largest absolute Gasteiger partial charge is 0.508 e. The van der Waals surface area contributed by atoms with Gasteiger partial charge >= 0.3 is 0 Å². The molecule has 0 radical (unpaired) electrons. The van der Waals surface area contributed by atoms with Gasteiger partial charge in [-0.3, -0.25) is 9.97 Å². The smallest absolute Gasteiger partial charge is 0.116 e. The zero-order valence-corrected chi connectivity index (χ0v) is 10.8. The number of benzene rings is 1. The average molecular weight is 291 g/mol. The maximum absolute atomic E-state index is 9.44. The lowest BCUT2D eigenvalue weighted by Gasteiger charge is -2.03. The van der Waals surface area contributed by atoms with Crippen molar-refractivity contribution in [3.8, 4) is 5.75 Å². The number of phenolic OH excluding ortho intramolecular Hbond substituents is 1. The van der Waals surface area contributed by atoms with Crippen LogP contribution in [0.1, 0.15) is 18.2 Å². The molecule has 0 saturated heterocycles. The molecule has 0 bridgehead atoms. The minimum Gasteiger partial charge on any atom is -0.508 e. The highest BCUT2D eigenvalue weighted by molar-refractivity contribution is 9.10. The number of nitrogens with zero attached hydrogens (tertiary/aromatic N) is 2. The van der Waals surface area contributed by atoms with E-state index < -0.39 is 0 Å². The van der Waals surface area contributed by atoms with E-state index in [-0.39, 0.29) is 5.75 Å². The minimum absolute atomic E-state index is 0.242. The highest BCUT2D eigenvalue weighted by atomic mass is 79.9. The molecule has 3 nitrogen and oxygen atoms in total. The van der Waals surface area contributed by atoms with E-state index in [9.17, 15) is 5.11 Å². The van der Waals surface area contributed by atoms with Crippen LogP contribution in [0.2, 0.25) is 0 Å². The molecular weight excluding hydrogens is 280 g/mol. The summed E-state index contributed by atoms with van der Waals surface area (Å²) in [6.07, 6.45) is 6.96. The second-order valence-corrected chi connectivity index (χ2v) is 4.48. The van der Waals surface area contributed by atoms with E-state index in [1.54, 1.807) is 30.7 Å². The SMILES string of the molecule is C/C(=C/c1cc(O)ccc1Br)c1cnccn1. The second-order valence-electron chi connectivity index (χ2n) is 3.62. The van der Waals surface area contributed by atoms with Crippen molar-refractivity contribution in [2.75, 3.05) is 0 Å². The van der Waals surface area contributed by atoms with Crippen molar-refractivity contribution in [3.63, 3.8) is 0 Å². The number of hydrogen-bond acceptors (Lipinski definition) is 3. The fraction of sp³-hybridized carbons (Fsp3) is 0.0769. The highest BCUT2D eigenvalue weighted by Gasteiger charge is 2.01. The van der Waals surface area contributed by atoms with E-state index >= 15 is 0 Å². The van der Waals surface area contributed by atoms with Crippen LogP contribution in [0.4, 0.5) is 0 Å². The van der Waals surface area contributed by atoms with Gasteiger partial charge in [-0.2, -0.15) is 0 Å². The summed E-state index contributed by atoms with van der Waals surface area (Å²) in [6, 6.07) is 5.15. The van der Waals surface area contributed by atoms with Crippen LogP contribution in [0.15, 0.2) is 41.3 Å². The topological polar surface area (TPSA) is 46.0 Å². The first-order chi connectivity index (χ1) is 8.16. The van der Waals surface area contributed by atoms with Crippen LogP contribution in [0.5, 0.6) is 5.75 Å². The molecule has 0 aliphatic carbocycles. The van der Waals surface area contributed by atoms with Crippen LogP contribution in [0.3, 0.4) is 0 Å². The molecule has 0 aliphatic rings. The molecule has 4 heteroatoms. The lowest BCUT2D eigenvalue weighted by atomic mass is 10.1. The fourth-order valence-electron chi connectivity index (χ4n) is 1.45. The Hall–Kier alpha value is -1.68. The summed E-state index contributed by atoms with van der Waals surface area (Å²) in [5.74, 6) is 0.242. The van der Waals surface area contributed by atoms with Crippen molar-refractivity contribution in [3.05, 3.63) is 52.5 Å². The Kier molecular flexibility index (Phi) is 3.54. The van der Waals surface area contributed by atoms with E-state index in [0.29, 0.717) is 0 Å². The molecule has 0 aliphatic heterocycles. The summed E-state index contributed by atoms with van der Waals surface area (Å²) < 4.78 is 0.929. The summed E-state index contributed by atoms with van der Waals surface area (Å²) in [5.41, 5.74) is 2.72. The van der Waals surface area contributed by atoms with Crippen molar-refractivity contribution >= 4 is 27.6 Å². The molecule has 0 spiro atoms. The van der Waals surface area contributed by atoms with Crippen LogP contribution in [-0.4, -0.2) is 15.1 Å². The van der Waals surface area contributed by atoms with Crippen molar-refractivity contribution in [2.24, 2.45) is 0 Å². The second kappa shape index (κ2) is 5.10. The number of hydrogen-bond donors (Lipinski definition) is 1. The van der Waals surface area contributed by atoms with E-state index in [1.807, 2.05) is 19.1 Å². The molecule has 17 heavy (non-hydrogen) atoms. The zero-order chi connectivity index (χ0) is 12.3. The Morgan fingerprint density at radius 3 is 2.88 bits per heavy atom. The van der Waals surface area contributed by atoms with Crippen LogP contribution < -0.4 is 0 Å². The van der Waals surface area contributed by atoms with Gasteiger partial charge in [0.15, 0.2) is 0 Å². The molecule has 1 aromatic heterocycles. The standard InChI is InChI=1S/C13H11BrN2O/c1-9(13-8-15-4-5-16-13)6-10-7-11(17)2-3-12(10)14/h2-8,17H,1H3/b9-6-. The summed E-state index contributed by atoms with van der Waals surface area (Å²) in [7, 11) is 0. The third-order valence-electron chi connectivity index (χ3n) is 2.32. The maximum Gasteiger partial charge on any atom is 0.116 e. The van der Waals surface area contributed by atoms with Gasteiger partial charge in [-0.25, -0.2) is 0 Å². The first-order valence-corrected chi connectivity index (χ1v) is 5.89. The molecule has 1 heterocycles. The molecule has 0 unspecified atom stereocenters. The van der Waals surface area contributed by atoms with E-state index in [1.165, 1.54) is 0 Å². The molecule has 1 N–H and O–H groups in total. The van der Waals surface area contributed by atoms with Gasteiger partial charge in [0.2, 0.25) is 0 Å². The van der Waals surface area contributed by atoms with Crippen molar-refractivity contribution in [1.82, 2.24) is 9.97 Å². The monoisotopic (exact) mass is 290 g/mol. The minimum atomic E-state index is 0.242. The predicted octanol–water partition coefficient (Wildman–Crippen LogP) is 3.51. The lowest BCUT2D eigenvalue weighted by Crippen LogP contribution is -1.86. The Balaban J connectivity index is 2.39. The number of rotatable bonds is 2. The first-order valence-electron chi connectivity index (χ1n) is 5.10. The van der Waals surface area contributed by atoms with E-state index in [2.05, 4.69) is 25.9 Å². The molecule has 2 aromatic rings. The van der Waals surface area contributed by atoms with Crippen molar-refractivity contribution in [2.45, 2.75) is 6.92 Å². The number of halogens is 1. The van der Waals surface area contributed by atoms with Gasteiger partial charge < -0.3 is 5.11 Å². The van der Waals surface area contributed by atoms with Crippen molar-refractivity contribution < 1.29 is 5.11 Å². The molecule has 0 saturated carbocycles. The van der Waals surface area contributed by atoms with Gasteiger partial charge in [0.25, 0.3) is 0 Å². The molecule has 0 atom stereocenters. The quantitative estimate of drug-likeness (QED) is 0.921. The zero-order valence-electron chi connectivity index (χ0n) is 9.26. The van der Waals surface area contributed by atoms with Crippen LogP contribution in [-0.2, 0) is 0 Å². The fourth-order valence-corrected chi connectivity index (χ4v) is 1.81. The normalized spacial score (nSPS) is 11.5. The highest BCUT2D eigenvalue weighted by Crippen LogP contribution is 2.25. The van der Waals surface area contributed by atoms with Crippen LogP contribution >= 0.6 is 15.9 Å². The molecule has 86 valence electrons. The number of phenols is 1. The van der Waals surface area contributed by atoms with Crippen LogP contribution in [0.25, 0.3) is 11.6 Å². The van der Waals surface area contributed by atoms with Gasteiger partial charge in [-0.05, 0) is 42.3 Å². The average Bonchev–Trinajstić information content (AvgIpc) is 2.35. The Morgan fingerprint density at radius 2 is 2.18 bits per heavy atom. The van der Waals surface area contributed by atoms with Gasteiger partial charge in [0.05, 0.1) is 11.9 Å². The van der Waals surface area contributed by atoms with Crippen molar-refractivity contribution in [1.29, 1.82) is 0 Å².